The van der Waals surface area contributed by atoms with Crippen LogP contribution in [0.15, 0.2) is 42.7 Å². The van der Waals surface area contributed by atoms with E-state index in [-0.39, 0.29) is 24.0 Å². The molecular formula is C18H19FN4O2. The van der Waals surface area contributed by atoms with Gasteiger partial charge in [-0.15, -0.1) is 0 Å². The van der Waals surface area contributed by atoms with E-state index in [4.69, 9.17) is 4.74 Å². The summed E-state index contributed by atoms with van der Waals surface area (Å²) in [5.74, 6) is -0.152. The molecule has 130 valence electrons. The monoisotopic (exact) mass is 342 g/mol. The predicted molar refractivity (Wildman–Crippen MR) is 89.3 cm³/mol. The highest BCUT2D eigenvalue weighted by Gasteiger charge is 2.45. The average Bonchev–Trinajstić information content (AvgIpc) is 2.95. The van der Waals surface area contributed by atoms with Crippen molar-refractivity contribution < 1.29 is 13.9 Å². The molecule has 2 aromatic rings. The SMILES string of the molecule is O=C(NCc1ccccc1)[C@H]1C[C@@H]2CN(c3ncc(F)cn3)C[C@H]1O2. The number of nitrogens with one attached hydrogen (secondary N) is 1. The third-order valence-electron chi connectivity index (χ3n) is 4.69. The van der Waals surface area contributed by atoms with E-state index in [1.807, 2.05) is 35.2 Å². The van der Waals surface area contributed by atoms with E-state index in [2.05, 4.69) is 15.3 Å². The van der Waals surface area contributed by atoms with Crippen molar-refractivity contribution in [3.8, 4) is 0 Å². The molecule has 3 heterocycles. The first-order valence-electron chi connectivity index (χ1n) is 8.38. The molecule has 0 aliphatic carbocycles. The first-order chi connectivity index (χ1) is 12.2. The Bertz CT molecular complexity index is 741. The smallest absolute Gasteiger partial charge is 0.226 e. The molecule has 2 aliphatic heterocycles. The van der Waals surface area contributed by atoms with Gasteiger partial charge in [-0.25, -0.2) is 14.4 Å². The number of morpholine rings is 1. The molecule has 0 saturated carbocycles. The first-order valence-corrected chi connectivity index (χ1v) is 8.38. The molecule has 3 atom stereocenters. The van der Waals surface area contributed by atoms with Crippen LogP contribution in [0.25, 0.3) is 0 Å². The van der Waals surface area contributed by atoms with E-state index in [1.165, 1.54) is 0 Å². The highest BCUT2D eigenvalue weighted by atomic mass is 19.1. The number of nitrogens with zero attached hydrogens (tertiary/aromatic N) is 3. The number of rotatable bonds is 4. The maximum Gasteiger partial charge on any atom is 0.226 e. The number of hydrogen-bond donors (Lipinski definition) is 1. The molecule has 1 amide bonds. The number of carbonyl (C=O) groups excluding carboxylic acids is 1. The van der Waals surface area contributed by atoms with Crippen LogP contribution in [0, 0.1) is 11.7 Å². The van der Waals surface area contributed by atoms with E-state index >= 15 is 0 Å². The number of benzene rings is 1. The largest absolute Gasteiger partial charge is 0.370 e. The third kappa shape index (κ3) is 3.46. The second-order valence-corrected chi connectivity index (χ2v) is 6.45. The number of hydrogen-bond acceptors (Lipinski definition) is 5. The van der Waals surface area contributed by atoms with Gasteiger partial charge in [-0.1, -0.05) is 30.3 Å². The van der Waals surface area contributed by atoms with Gasteiger partial charge < -0.3 is 15.0 Å². The lowest BCUT2D eigenvalue weighted by atomic mass is 9.99. The molecule has 1 N–H and O–H groups in total. The molecule has 0 unspecified atom stereocenters. The van der Waals surface area contributed by atoms with E-state index in [9.17, 15) is 9.18 Å². The summed E-state index contributed by atoms with van der Waals surface area (Å²) in [4.78, 5) is 22.6. The summed E-state index contributed by atoms with van der Waals surface area (Å²) in [6, 6.07) is 9.82. The van der Waals surface area contributed by atoms with E-state index < -0.39 is 5.82 Å². The van der Waals surface area contributed by atoms with Crippen LogP contribution in [-0.2, 0) is 16.1 Å². The lowest BCUT2D eigenvalue weighted by Gasteiger charge is -2.32. The Morgan fingerprint density at radius 1 is 1.24 bits per heavy atom. The van der Waals surface area contributed by atoms with Crippen LogP contribution in [0.1, 0.15) is 12.0 Å². The minimum absolute atomic E-state index is 0.0122. The van der Waals surface area contributed by atoms with Crippen LogP contribution in [-0.4, -0.2) is 41.2 Å². The van der Waals surface area contributed by atoms with Crippen molar-refractivity contribution in [2.75, 3.05) is 18.0 Å². The van der Waals surface area contributed by atoms with Crippen LogP contribution >= 0.6 is 0 Å². The van der Waals surface area contributed by atoms with E-state index in [0.717, 1.165) is 18.0 Å². The Balaban J connectivity index is 1.38. The molecule has 7 heteroatoms. The number of halogens is 1. The van der Waals surface area contributed by atoms with Crippen molar-refractivity contribution in [1.29, 1.82) is 0 Å². The van der Waals surface area contributed by atoms with Gasteiger partial charge in [-0.3, -0.25) is 4.79 Å². The summed E-state index contributed by atoms with van der Waals surface area (Å²) in [6.45, 7) is 1.66. The number of aromatic nitrogens is 2. The topological polar surface area (TPSA) is 67.4 Å². The third-order valence-corrected chi connectivity index (χ3v) is 4.69. The Labute approximate surface area is 145 Å². The van der Waals surface area contributed by atoms with Gasteiger partial charge in [0, 0.05) is 19.6 Å². The van der Waals surface area contributed by atoms with Crippen LogP contribution in [0.2, 0.25) is 0 Å². The fraction of sp³-hybridized carbons (Fsp3) is 0.389. The highest BCUT2D eigenvalue weighted by Crippen LogP contribution is 2.33. The molecular weight excluding hydrogens is 323 g/mol. The lowest BCUT2D eigenvalue weighted by molar-refractivity contribution is -0.126. The van der Waals surface area contributed by atoms with Crippen LogP contribution < -0.4 is 10.2 Å². The number of anilines is 1. The fourth-order valence-electron chi connectivity index (χ4n) is 3.48. The summed E-state index contributed by atoms with van der Waals surface area (Å²) in [5.41, 5.74) is 1.07. The molecule has 4 rings (SSSR count). The molecule has 2 fully saturated rings. The maximum atomic E-state index is 13.0. The molecule has 6 nitrogen and oxygen atoms in total. The molecule has 2 saturated heterocycles. The quantitative estimate of drug-likeness (QED) is 0.913. The number of carbonyl (C=O) groups is 1. The highest BCUT2D eigenvalue weighted by molar-refractivity contribution is 5.79. The number of amides is 1. The molecule has 0 spiro atoms. The van der Waals surface area contributed by atoms with Crippen LogP contribution in [0.3, 0.4) is 0 Å². The van der Waals surface area contributed by atoms with Crippen molar-refractivity contribution in [2.45, 2.75) is 25.2 Å². The number of fused-ring (bicyclic) bond motifs is 2. The first kappa shape index (κ1) is 16.0. The summed E-state index contributed by atoms with van der Waals surface area (Å²) in [7, 11) is 0. The molecule has 25 heavy (non-hydrogen) atoms. The predicted octanol–water partition coefficient (Wildman–Crippen LogP) is 1.53. The Morgan fingerprint density at radius 2 is 2.00 bits per heavy atom. The second-order valence-electron chi connectivity index (χ2n) is 6.45. The van der Waals surface area contributed by atoms with Crippen LogP contribution in [0.4, 0.5) is 10.3 Å². The number of ether oxygens (including phenoxy) is 1. The second kappa shape index (κ2) is 6.76. The maximum absolute atomic E-state index is 13.0. The van der Waals surface area contributed by atoms with E-state index in [1.54, 1.807) is 0 Å². The summed E-state index contributed by atoms with van der Waals surface area (Å²) < 4.78 is 18.9. The normalized spacial score (nSPS) is 25.0. The summed E-state index contributed by atoms with van der Waals surface area (Å²) in [6.07, 6.45) is 2.78. The minimum Gasteiger partial charge on any atom is -0.370 e. The van der Waals surface area contributed by atoms with Gasteiger partial charge in [-0.05, 0) is 12.0 Å². The van der Waals surface area contributed by atoms with Gasteiger partial charge in [0.1, 0.15) is 0 Å². The molecule has 0 radical (unpaired) electrons. The lowest BCUT2D eigenvalue weighted by Crippen LogP contribution is -2.46. The van der Waals surface area contributed by atoms with Gasteiger partial charge in [0.05, 0.1) is 30.5 Å². The Morgan fingerprint density at radius 3 is 2.76 bits per heavy atom. The van der Waals surface area contributed by atoms with Crippen LogP contribution in [0.5, 0.6) is 0 Å². The summed E-state index contributed by atoms with van der Waals surface area (Å²) >= 11 is 0. The van der Waals surface area contributed by atoms with Gasteiger partial charge in [-0.2, -0.15) is 0 Å². The van der Waals surface area contributed by atoms with Crippen molar-refractivity contribution in [3.05, 3.63) is 54.1 Å². The van der Waals surface area contributed by atoms with Gasteiger partial charge in [0.25, 0.3) is 0 Å². The van der Waals surface area contributed by atoms with E-state index in [0.29, 0.717) is 32.0 Å². The zero-order valence-electron chi connectivity index (χ0n) is 13.6. The zero-order chi connectivity index (χ0) is 17.2. The zero-order valence-corrected chi connectivity index (χ0v) is 13.6. The van der Waals surface area contributed by atoms with Gasteiger partial charge >= 0.3 is 0 Å². The molecule has 2 bridgehead atoms. The summed E-state index contributed by atoms with van der Waals surface area (Å²) in [5, 5.41) is 3.00. The average molecular weight is 342 g/mol. The van der Waals surface area contributed by atoms with Crippen molar-refractivity contribution in [3.63, 3.8) is 0 Å². The van der Waals surface area contributed by atoms with Crippen molar-refractivity contribution >= 4 is 11.9 Å². The fourth-order valence-corrected chi connectivity index (χ4v) is 3.48. The van der Waals surface area contributed by atoms with Crippen molar-refractivity contribution in [2.24, 2.45) is 5.92 Å². The van der Waals surface area contributed by atoms with Crippen molar-refractivity contribution in [1.82, 2.24) is 15.3 Å². The standard InChI is InChI=1S/C18H19FN4O2/c19-13-8-21-18(22-9-13)23-10-14-6-15(16(11-23)25-14)17(24)20-7-12-4-2-1-3-5-12/h1-5,8-9,14-16H,6-7,10-11H2,(H,20,24)/t14-,15+,16-/m1/s1. The molecule has 2 aliphatic rings. The molecule has 1 aromatic carbocycles. The Kier molecular flexibility index (Phi) is 4.31. The molecule has 1 aromatic heterocycles. The van der Waals surface area contributed by atoms with Gasteiger partial charge in [0.15, 0.2) is 5.82 Å². The Hall–Kier alpha value is -2.54. The van der Waals surface area contributed by atoms with Gasteiger partial charge in [0.2, 0.25) is 11.9 Å². The minimum atomic E-state index is -0.460.